The van der Waals surface area contributed by atoms with Crippen LogP contribution in [0.25, 0.3) is 21.3 Å². The lowest BCUT2D eigenvalue weighted by Crippen LogP contribution is -2.35. The normalized spacial score (nSPS) is 13.6. The molecule has 1 amide bonds. The van der Waals surface area contributed by atoms with Crippen molar-refractivity contribution in [2.24, 2.45) is 5.92 Å². The van der Waals surface area contributed by atoms with E-state index in [1.54, 1.807) is 11.3 Å². The van der Waals surface area contributed by atoms with Crippen molar-refractivity contribution in [3.63, 3.8) is 0 Å². The molecule has 0 radical (unpaired) electrons. The first-order valence-electron chi connectivity index (χ1n) is 11.5. The Labute approximate surface area is 203 Å². The summed E-state index contributed by atoms with van der Waals surface area (Å²) in [5.74, 6) is 0.655. The van der Waals surface area contributed by atoms with Crippen molar-refractivity contribution in [3.8, 4) is 10.4 Å². The first kappa shape index (κ1) is 22.2. The number of aromatic amines is 1. The summed E-state index contributed by atoms with van der Waals surface area (Å²) in [7, 11) is 0. The van der Waals surface area contributed by atoms with Crippen LogP contribution in [-0.4, -0.2) is 33.9 Å². The van der Waals surface area contributed by atoms with Gasteiger partial charge in [0.05, 0.1) is 9.88 Å². The molecule has 0 spiro atoms. The standard InChI is InChI=1S/C27H28ClN3OS/c1-16-4-7-20(12-17(16)2)26-25(30-18(3)33-26)27(32)31(15-19-5-6-19)11-10-21-14-29-24-13-22(28)8-9-23(21)24/h4,7-9,12-14,19,29H,5-6,10-11,15H2,1-3H3. The monoisotopic (exact) mass is 477 g/mol. The quantitative estimate of drug-likeness (QED) is 0.312. The Morgan fingerprint density at radius 2 is 1.97 bits per heavy atom. The fraction of sp³-hybridized carbons (Fsp3) is 0.333. The van der Waals surface area contributed by atoms with Crippen LogP contribution in [0, 0.1) is 26.7 Å². The molecule has 0 saturated heterocycles. The maximum atomic E-state index is 13.8. The number of halogens is 1. The molecule has 170 valence electrons. The van der Waals surface area contributed by atoms with Crippen LogP contribution in [0.3, 0.4) is 0 Å². The van der Waals surface area contributed by atoms with Gasteiger partial charge in [0.25, 0.3) is 5.91 Å². The van der Waals surface area contributed by atoms with Crippen LogP contribution in [0.1, 0.15) is 45.0 Å². The zero-order valence-electron chi connectivity index (χ0n) is 19.2. The summed E-state index contributed by atoms with van der Waals surface area (Å²) in [6.45, 7) is 7.68. The van der Waals surface area contributed by atoms with Gasteiger partial charge in [0.15, 0.2) is 0 Å². The molecule has 1 saturated carbocycles. The van der Waals surface area contributed by atoms with Crippen LogP contribution in [0.4, 0.5) is 0 Å². The number of hydrogen-bond donors (Lipinski definition) is 1. The van der Waals surface area contributed by atoms with Crippen LogP contribution >= 0.6 is 22.9 Å². The minimum Gasteiger partial charge on any atom is -0.361 e. The molecule has 0 unspecified atom stereocenters. The van der Waals surface area contributed by atoms with E-state index in [0.717, 1.165) is 39.0 Å². The number of carbonyl (C=O) groups excluding carboxylic acids is 1. The summed E-state index contributed by atoms with van der Waals surface area (Å²) in [6, 6.07) is 12.3. The average Bonchev–Trinajstić information content (AvgIpc) is 3.40. The van der Waals surface area contributed by atoms with Gasteiger partial charge in [0, 0.05) is 35.2 Å². The van der Waals surface area contributed by atoms with Gasteiger partial charge in [-0.05, 0) is 80.3 Å². The molecule has 4 nitrogen and oxygen atoms in total. The summed E-state index contributed by atoms with van der Waals surface area (Å²) in [5, 5.41) is 2.81. The van der Waals surface area contributed by atoms with Crippen molar-refractivity contribution in [1.29, 1.82) is 0 Å². The van der Waals surface area contributed by atoms with E-state index in [4.69, 9.17) is 16.6 Å². The second kappa shape index (κ2) is 8.96. The van der Waals surface area contributed by atoms with Gasteiger partial charge in [0.1, 0.15) is 5.69 Å². The average molecular weight is 478 g/mol. The van der Waals surface area contributed by atoms with Gasteiger partial charge in [-0.2, -0.15) is 0 Å². The van der Waals surface area contributed by atoms with Gasteiger partial charge in [-0.15, -0.1) is 11.3 Å². The third-order valence-corrected chi connectivity index (χ3v) is 7.80. The van der Waals surface area contributed by atoms with Crippen LogP contribution in [0.2, 0.25) is 5.02 Å². The second-order valence-electron chi connectivity index (χ2n) is 9.16. The molecular weight excluding hydrogens is 450 g/mol. The van der Waals surface area contributed by atoms with Gasteiger partial charge in [-0.1, -0.05) is 35.9 Å². The number of amides is 1. The highest BCUT2D eigenvalue weighted by Crippen LogP contribution is 2.34. The summed E-state index contributed by atoms with van der Waals surface area (Å²) in [6.07, 6.45) is 5.24. The van der Waals surface area contributed by atoms with E-state index in [-0.39, 0.29) is 5.91 Å². The molecule has 1 N–H and O–H groups in total. The molecule has 1 aliphatic rings. The van der Waals surface area contributed by atoms with E-state index in [0.29, 0.717) is 18.2 Å². The van der Waals surface area contributed by atoms with Crippen molar-refractivity contribution >= 4 is 39.7 Å². The number of rotatable bonds is 7. The lowest BCUT2D eigenvalue weighted by molar-refractivity contribution is 0.0745. The van der Waals surface area contributed by atoms with E-state index in [1.807, 2.05) is 30.2 Å². The third-order valence-electron chi connectivity index (χ3n) is 6.55. The molecule has 2 aromatic carbocycles. The SMILES string of the molecule is Cc1nc(C(=O)N(CCc2c[nH]c3cc(Cl)ccc23)CC2CC2)c(-c2ccc(C)c(C)c2)s1. The smallest absolute Gasteiger partial charge is 0.274 e. The molecular formula is C27H28ClN3OS. The third kappa shape index (κ3) is 4.71. The van der Waals surface area contributed by atoms with Crippen molar-refractivity contribution in [3.05, 3.63) is 75.0 Å². The number of aromatic nitrogens is 2. The van der Waals surface area contributed by atoms with E-state index >= 15 is 0 Å². The maximum Gasteiger partial charge on any atom is 0.274 e. The lowest BCUT2D eigenvalue weighted by atomic mass is 10.0. The molecule has 5 rings (SSSR count). The van der Waals surface area contributed by atoms with Gasteiger partial charge >= 0.3 is 0 Å². The Morgan fingerprint density at radius 1 is 1.15 bits per heavy atom. The van der Waals surface area contributed by atoms with Crippen LogP contribution in [0.5, 0.6) is 0 Å². The topological polar surface area (TPSA) is 49.0 Å². The second-order valence-corrected chi connectivity index (χ2v) is 10.8. The summed E-state index contributed by atoms with van der Waals surface area (Å²) in [5.41, 5.74) is 6.39. The Hall–Kier alpha value is -2.63. The zero-order chi connectivity index (χ0) is 23.1. The van der Waals surface area contributed by atoms with Crippen LogP contribution in [0.15, 0.2) is 42.6 Å². The Bertz CT molecular complexity index is 1330. The number of hydrogen-bond acceptors (Lipinski definition) is 3. The number of carbonyl (C=O) groups is 1. The molecule has 6 heteroatoms. The van der Waals surface area contributed by atoms with Crippen LogP contribution < -0.4 is 0 Å². The van der Waals surface area contributed by atoms with E-state index < -0.39 is 0 Å². The number of benzene rings is 2. The molecule has 1 aliphatic carbocycles. The lowest BCUT2D eigenvalue weighted by Gasteiger charge is -2.22. The summed E-state index contributed by atoms with van der Waals surface area (Å²) in [4.78, 5) is 24.8. The number of fused-ring (bicyclic) bond motifs is 1. The first-order valence-corrected chi connectivity index (χ1v) is 12.7. The Morgan fingerprint density at radius 3 is 2.73 bits per heavy atom. The maximum absolute atomic E-state index is 13.8. The summed E-state index contributed by atoms with van der Waals surface area (Å²) < 4.78 is 0. The molecule has 0 bridgehead atoms. The van der Waals surface area contributed by atoms with Crippen molar-refractivity contribution < 1.29 is 4.79 Å². The van der Waals surface area contributed by atoms with Crippen molar-refractivity contribution in [1.82, 2.24) is 14.9 Å². The van der Waals surface area contributed by atoms with E-state index in [1.165, 1.54) is 34.9 Å². The molecule has 33 heavy (non-hydrogen) atoms. The minimum absolute atomic E-state index is 0.0439. The highest BCUT2D eigenvalue weighted by molar-refractivity contribution is 7.15. The first-order chi connectivity index (χ1) is 15.9. The van der Waals surface area contributed by atoms with Crippen molar-refractivity contribution in [2.75, 3.05) is 13.1 Å². The highest BCUT2D eigenvalue weighted by Gasteiger charge is 2.30. The molecule has 0 atom stereocenters. The van der Waals surface area contributed by atoms with Gasteiger partial charge in [0.2, 0.25) is 0 Å². The number of nitrogens with one attached hydrogen (secondary N) is 1. The zero-order valence-corrected chi connectivity index (χ0v) is 20.8. The minimum atomic E-state index is 0.0439. The predicted molar refractivity (Wildman–Crippen MR) is 137 cm³/mol. The number of thiazole rings is 1. The fourth-order valence-electron chi connectivity index (χ4n) is 4.31. The fourth-order valence-corrected chi connectivity index (χ4v) is 5.39. The summed E-state index contributed by atoms with van der Waals surface area (Å²) >= 11 is 7.74. The molecule has 2 aromatic heterocycles. The molecule has 0 aliphatic heterocycles. The van der Waals surface area contributed by atoms with Crippen LogP contribution in [-0.2, 0) is 6.42 Å². The number of aryl methyl sites for hydroxylation is 3. The highest BCUT2D eigenvalue weighted by atomic mass is 35.5. The molecule has 4 aromatic rings. The van der Waals surface area contributed by atoms with Gasteiger partial charge in [-0.25, -0.2) is 4.98 Å². The largest absolute Gasteiger partial charge is 0.361 e. The van der Waals surface area contributed by atoms with Gasteiger partial charge < -0.3 is 9.88 Å². The van der Waals surface area contributed by atoms with E-state index in [9.17, 15) is 4.79 Å². The van der Waals surface area contributed by atoms with Gasteiger partial charge in [-0.3, -0.25) is 4.79 Å². The molecule has 1 fully saturated rings. The predicted octanol–water partition coefficient (Wildman–Crippen LogP) is 6.96. The Balaban J connectivity index is 1.42. The number of nitrogens with zero attached hydrogens (tertiary/aromatic N) is 2. The Kier molecular flexibility index (Phi) is 6.02. The van der Waals surface area contributed by atoms with E-state index in [2.05, 4.69) is 43.1 Å². The molecule has 2 heterocycles. The van der Waals surface area contributed by atoms with Crippen molar-refractivity contribution in [2.45, 2.75) is 40.0 Å². The number of H-pyrrole nitrogens is 1.